The molecule has 122 valence electrons. The number of amides is 2. The van der Waals surface area contributed by atoms with E-state index < -0.39 is 0 Å². The van der Waals surface area contributed by atoms with Crippen LogP contribution in [0.1, 0.15) is 26.7 Å². The summed E-state index contributed by atoms with van der Waals surface area (Å²) in [6.45, 7) is 5.84. The Hall–Kier alpha value is -1.36. The van der Waals surface area contributed by atoms with Gasteiger partial charge in [-0.25, -0.2) is 4.79 Å². The number of thioether (sulfide) groups is 1. The van der Waals surface area contributed by atoms with E-state index in [1.165, 1.54) is 0 Å². The summed E-state index contributed by atoms with van der Waals surface area (Å²) >= 11 is 1.85. The van der Waals surface area contributed by atoms with Crippen LogP contribution in [0.2, 0.25) is 0 Å². The molecule has 4 nitrogen and oxygen atoms in total. The second-order valence-electron chi connectivity index (χ2n) is 5.85. The van der Waals surface area contributed by atoms with Crippen LogP contribution < -0.4 is 10.1 Å². The molecule has 0 spiro atoms. The zero-order chi connectivity index (χ0) is 15.9. The largest absolute Gasteiger partial charge is 0.491 e. The van der Waals surface area contributed by atoms with Gasteiger partial charge < -0.3 is 15.0 Å². The Morgan fingerprint density at radius 3 is 3.09 bits per heavy atom. The molecule has 0 unspecified atom stereocenters. The number of likely N-dealkylation sites (tertiary alicyclic amines) is 1. The number of carbonyl (C=O) groups is 1. The molecular weight excluding hydrogens is 296 g/mol. The molecule has 1 aromatic carbocycles. The second-order valence-corrected chi connectivity index (χ2v) is 6.76. The summed E-state index contributed by atoms with van der Waals surface area (Å²) in [6, 6.07) is 7.61. The van der Waals surface area contributed by atoms with Crippen LogP contribution in [0.25, 0.3) is 0 Å². The van der Waals surface area contributed by atoms with Crippen molar-refractivity contribution < 1.29 is 9.53 Å². The van der Waals surface area contributed by atoms with Crippen molar-refractivity contribution in [2.24, 2.45) is 5.92 Å². The van der Waals surface area contributed by atoms with Crippen molar-refractivity contribution in [3.8, 4) is 5.75 Å². The van der Waals surface area contributed by atoms with E-state index in [4.69, 9.17) is 4.74 Å². The lowest BCUT2D eigenvalue weighted by molar-refractivity contribution is 0.217. The summed E-state index contributed by atoms with van der Waals surface area (Å²) in [7, 11) is 0. The van der Waals surface area contributed by atoms with Crippen LogP contribution >= 0.6 is 11.8 Å². The SMILES string of the molecule is CC[C@H](C)Oc1cccc(NC(=O)N2CC[C@H](CSC)C2)c1. The number of anilines is 1. The zero-order valence-corrected chi connectivity index (χ0v) is 14.5. The number of nitrogens with zero attached hydrogens (tertiary/aromatic N) is 1. The van der Waals surface area contributed by atoms with Crippen molar-refractivity contribution in [2.75, 3.05) is 30.4 Å². The Labute approximate surface area is 137 Å². The first kappa shape index (κ1) is 17.0. The van der Waals surface area contributed by atoms with Crippen LogP contribution in [0.5, 0.6) is 5.75 Å². The van der Waals surface area contributed by atoms with Gasteiger partial charge in [0.25, 0.3) is 0 Å². The smallest absolute Gasteiger partial charge is 0.321 e. The summed E-state index contributed by atoms with van der Waals surface area (Å²) in [4.78, 5) is 14.2. The lowest BCUT2D eigenvalue weighted by Crippen LogP contribution is -2.33. The Morgan fingerprint density at radius 1 is 1.55 bits per heavy atom. The molecule has 2 rings (SSSR count). The van der Waals surface area contributed by atoms with Crippen LogP contribution in [0, 0.1) is 5.92 Å². The molecule has 0 bridgehead atoms. The van der Waals surface area contributed by atoms with E-state index in [1.807, 2.05) is 47.9 Å². The molecule has 1 N–H and O–H groups in total. The molecule has 22 heavy (non-hydrogen) atoms. The number of carbonyl (C=O) groups excluding carboxylic acids is 1. The molecular formula is C17H26N2O2S. The maximum Gasteiger partial charge on any atom is 0.321 e. The fourth-order valence-corrected chi connectivity index (χ4v) is 3.30. The van der Waals surface area contributed by atoms with Gasteiger partial charge in [-0.3, -0.25) is 0 Å². The van der Waals surface area contributed by atoms with E-state index in [9.17, 15) is 4.79 Å². The molecule has 0 saturated carbocycles. The maximum atomic E-state index is 12.3. The molecule has 1 aliphatic heterocycles. The Morgan fingerprint density at radius 2 is 2.36 bits per heavy atom. The molecule has 1 aliphatic rings. The zero-order valence-electron chi connectivity index (χ0n) is 13.7. The van der Waals surface area contributed by atoms with Crippen molar-refractivity contribution in [3.63, 3.8) is 0 Å². The monoisotopic (exact) mass is 322 g/mol. The van der Waals surface area contributed by atoms with Gasteiger partial charge in [-0.15, -0.1) is 0 Å². The van der Waals surface area contributed by atoms with Crippen molar-refractivity contribution in [2.45, 2.75) is 32.8 Å². The minimum Gasteiger partial charge on any atom is -0.491 e. The third-order valence-corrected chi connectivity index (χ3v) is 4.78. The predicted octanol–water partition coefficient (Wildman–Crippen LogP) is 4.08. The van der Waals surface area contributed by atoms with E-state index in [2.05, 4.69) is 18.5 Å². The van der Waals surface area contributed by atoms with Gasteiger partial charge in [-0.05, 0) is 49.8 Å². The van der Waals surface area contributed by atoms with Crippen LogP contribution in [0.15, 0.2) is 24.3 Å². The van der Waals surface area contributed by atoms with Gasteiger partial charge in [-0.1, -0.05) is 13.0 Å². The normalized spacial score (nSPS) is 19.0. The lowest BCUT2D eigenvalue weighted by Gasteiger charge is -2.18. The highest BCUT2D eigenvalue weighted by Gasteiger charge is 2.25. The van der Waals surface area contributed by atoms with Crippen molar-refractivity contribution in [1.29, 1.82) is 0 Å². The molecule has 2 atom stereocenters. The molecule has 2 amide bonds. The Kier molecular flexibility index (Phi) is 6.43. The van der Waals surface area contributed by atoms with Gasteiger partial charge in [0.15, 0.2) is 0 Å². The number of ether oxygens (including phenoxy) is 1. The highest BCUT2D eigenvalue weighted by Crippen LogP contribution is 2.22. The average molecular weight is 322 g/mol. The van der Waals surface area contributed by atoms with Gasteiger partial charge in [0.05, 0.1) is 6.10 Å². The Bertz CT molecular complexity index is 495. The quantitative estimate of drug-likeness (QED) is 0.858. The van der Waals surface area contributed by atoms with Crippen LogP contribution in [-0.2, 0) is 0 Å². The predicted molar refractivity (Wildman–Crippen MR) is 93.9 cm³/mol. The van der Waals surface area contributed by atoms with E-state index in [1.54, 1.807) is 0 Å². The van der Waals surface area contributed by atoms with E-state index >= 15 is 0 Å². The summed E-state index contributed by atoms with van der Waals surface area (Å²) in [5.41, 5.74) is 0.791. The molecule has 1 aromatic rings. The summed E-state index contributed by atoms with van der Waals surface area (Å²) in [6.07, 6.45) is 4.36. The molecule has 0 aromatic heterocycles. The first-order valence-electron chi connectivity index (χ1n) is 7.94. The minimum absolute atomic E-state index is 0.00991. The molecule has 1 heterocycles. The summed E-state index contributed by atoms with van der Waals surface area (Å²) in [5, 5.41) is 2.98. The van der Waals surface area contributed by atoms with Gasteiger partial charge in [0, 0.05) is 24.8 Å². The van der Waals surface area contributed by atoms with Crippen molar-refractivity contribution in [3.05, 3.63) is 24.3 Å². The first-order valence-corrected chi connectivity index (χ1v) is 9.33. The van der Waals surface area contributed by atoms with Gasteiger partial charge in [-0.2, -0.15) is 11.8 Å². The lowest BCUT2D eigenvalue weighted by atomic mass is 10.2. The number of rotatable bonds is 6. The van der Waals surface area contributed by atoms with Crippen molar-refractivity contribution in [1.82, 2.24) is 4.90 Å². The third kappa shape index (κ3) is 4.83. The van der Waals surface area contributed by atoms with E-state index in [-0.39, 0.29) is 12.1 Å². The van der Waals surface area contributed by atoms with E-state index in [0.29, 0.717) is 5.92 Å². The molecule has 0 aliphatic carbocycles. The topological polar surface area (TPSA) is 41.6 Å². The Balaban J connectivity index is 1.90. The molecule has 0 radical (unpaired) electrons. The highest BCUT2D eigenvalue weighted by atomic mass is 32.2. The summed E-state index contributed by atoms with van der Waals surface area (Å²) in [5.74, 6) is 2.55. The fourth-order valence-electron chi connectivity index (χ4n) is 2.55. The average Bonchev–Trinajstić information content (AvgIpc) is 2.96. The highest BCUT2D eigenvalue weighted by molar-refractivity contribution is 7.98. The minimum atomic E-state index is -0.00991. The number of urea groups is 1. The van der Waals surface area contributed by atoms with Crippen LogP contribution in [-0.4, -0.2) is 42.1 Å². The molecule has 5 heteroatoms. The number of benzene rings is 1. The maximum absolute atomic E-state index is 12.3. The van der Waals surface area contributed by atoms with Gasteiger partial charge >= 0.3 is 6.03 Å². The third-order valence-electron chi connectivity index (χ3n) is 3.97. The standard InChI is InChI=1S/C17H26N2O2S/c1-4-13(2)21-16-7-5-6-15(10-16)18-17(20)19-9-8-14(11-19)12-22-3/h5-7,10,13-14H,4,8-9,11-12H2,1-3H3,(H,18,20)/t13-,14-/m0/s1. The van der Waals surface area contributed by atoms with Crippen LogP contribution in [0.4, 0.5) is 10.5 Å². The molecule has 1 fully saturated rings. The molecule has 1 saturated heterocycles. The van der Waals surface area contributed by atoms with Crippen molar-refractivity contribution >= 4 is 23.5 Å². The fraction of sp³-hybridized carbons (Fsp3) is 0.588. The number of hydrogen-bond donors (Lipinski definition) is 1. The second kappa shape index (κ2) is 8.32. The van der Waals surface area contributed by atoms with Gasteiger partial charge in [0.1, 0.15) is 5.75 Å². The summed E-state index contributed by atoms with van der Waals surface area (Å²) < 4.78 is 5.79. The number of hydrogen-bond acceptors (Lipinski definition) is 3. The van der Waals surface area contributed by atoms with Gasteiger partial charge in [0.2, 0.25) is 0 Å². The first-order chi connectivity index (χ1) is 10.6. The van der Waals surface area contributed by atoms with Crippen LogP contribution in [0.3, 0.4) is 0 Å². The van der Waals surface area contributed by atoms with E-state index in [0.717, 1.165) is 43.1 Å². The number of nitrogens with one attached hydrogen (secondary N) is 1.